The van der Waals surface area contributed by atoms with Crippen LogP contribution < -0.4 is 20.7 Å². The van der Waals surface area contributed by atoms with Gasteiger partial charge < -0.3 is 20.7 Å². The van der Waals surface area contributed by atoms with E-state index >= 15 is 0 Å². The lowest BCUT2D eigenvalue weighted by Gasteiger charge is -2.30. The molecule has 0 atom stereocenters. The molecule has 25 heavy (non-hydrogen) atoms. The first-order chi connectivity index (χ1) is 12.1. The maximum Gasteiger partial charge on any atom is 0.258 e. The number of amides is 2. The van der Waals surface area contributed by atoms with E-state index in [2.05, 4.69) is 5.32 Å². The number of nitrogens with two attached hydrogens (primary N) is 1. The quantitative estimate of drug-likeness (QED) is 0.813. The molecule has 130 valence electrons. The summed E-state index contributed by atoms with van der Waals surface area (Å²) in [7, 11) is 0. The minimum atomic E-state index is -0.331. The van der Waals surface area contributed by atoms with Crippen molar-refractivity contribution in [1.29, 1.82) is 0 Å². The minimum Gasteiger partial charge on any atom is -0.484 e. The summed E-state index contributed by atoms with van der Waals surface area (Å²) in [5.74, 6) is 0.131. The molecule has 0 aromatic heterocycles. The second kappa shape index (κ2) is 7.70. The highest BCUT2D eigenvalue weighted by Crippen LogP contribution is 2.31. The Hall–Kier alpha value is -3.02. The Balaban J connectivity index is 1.53. The molecule has 1 heterocycles. The van der Waals surface area contributed by atoms with Crippen molar-refractivity contribution in [2.75, 3.05) is 30.3 Å². The fourth-order valence-corrected chi connectivity index (χ4v) is 2.90. The van der Waals surface area contributed by atoms with Crippen LogP contribution in [0, 0.1) is 0 Å². The van der Waals surface area contributed by atoms with Gasteiger partial charge in [-0.15, -0.1) is 0 Å². The van der Waals surface area contributed by atoms with Gasteiger partial charge >= 0.3 is 0 Å². The highest BCUT2D eigenvalue weighted by atomic mass is 16.5. The SMILES string of the molecule is Nc1cccc2c1CCCN2C(=O)CNC(=O)COc1ccccc1. The van der Waals surface area contributed by atoms with E-state index in [4.69, 9.17) is 10.5 Å². The van der Waals surface area contributed by atoms with E-state index in [1.54, 1.807) is 17.0 Å². The van der Waals surface area contributed by atoms with E-state index in [0.29, 0.717) is 18.0 Å². The Labute approximate surface area is 146 Å². The normalized spacial score (nSPS) is 13.0. The van der Waals surface area contributed by atoms with Crippen LogP contribution in [0.5, 0.6) is 5.75 Å². The number of fused-ring (bicyclic) bond motifs is 1. The lowest BCUT2D eigenvalue weighted by molar-refractivity contribution is -0.126. The standard InChI is InChI=1S/C19H21N3O3/c20-16-9-4-10-17-15(16)8-5-11-22(17)19(24)12-21-18(23)13-25-14-6-2-1-3-7-14/h1-4,6-7,9-10H,5,8,11-13,20H2,(H,21,23). The zero-order chi connectivity index (χ0) is 17.6. The minimum absolute atomic E-state index is 0.0643. The first-order valence-electron chi connectivity index (χ1n) is 8.27. The number of benzene rings is 2. The van der Waals surface area contributed by atoms with Crippen LogP contribution in [0.15, 0.2) is 48.5 Å². The molecule has 1 aliphatic heterocycles. The van der Waals surface area contributed by atoms with Gasteiger partial charge in [0.05, 0.1) is 6.54 Å². The molecule has 0 fully saturated rings. The molecule has 3 rings (SSSR count). The monoisotopic (exact) mass is 339 g/mol. The van der Waals surface area contributed by atoms with Gasteiger partial charge in [-0.05, 0) is 42.7 Å². The molecule has 0 bridgehead atoms. The van der Waals surface area contributed by atoms with Crippen LogP contribution in [-0.2, 0) is 16.0 Å². The van der Waals surface area contributed by atoms with Gasteiger partial charge in [0.15, 0.2) is 6.61 Å². The number of rotatable bonds is 5. The predicted molar refractivity (Wildman–Crippen MR) is 96.5 cm³/mol. The lowest BCUT2D eigenvalue weighted by Crippen LogP contribution is -2.43. The highest BCUT2D eigenvalue weighted by molar-refractivity contribution is 5.98. The second-order valence-corrected chi connectivity index (χ2v) is 5.87. The van der Waals surface area contributed by atoms with Gasteiger partial charge in [-0.2, -0.15) is 0 Å². The molecule has 2 amide bonds. The highest BCUT2D eigenvalue weighted by Gasteiger charge is 2.23. The summed E-state index contributed by atoms with van der Waals surface area (Å²) >= 11 is 0. The maximum absolute atomic E-state index is 12.5. The number of ether oxygens (including phenoxy) is 1. The molecule has 6 nitrogen and oxygen atoms in total. The van der Waals surface area contributed by atoms with E-state index in [-0.39, 0.29) is 25.0 Å². The number of anilines is 2. The van der Waals surface area contributed by atoms with Gasteiger partial charge in [-0.1, -0.05) is 24.3 Å². The molecule has 0 spiro atoms. The topological polar surface area (TPSA) is 84.7 Å². The number of carbonyl (C=O) groups excluding carboxylic acids is 2. The number of hydrogen-bond donors (Lipinski definition) is 2. The van der Waals surface area contributed by atoms with Crippen LogP contribution in [0.25, 0.3) is 0 Å². The van der Waals surface area contributed by atoms with Crippen molar-refractivity contribution in [2.24, 2.45) is 0 Å². The molecule has 0 radical (unpaired) electrons. The van der Waals surface area contributed by atoms with Gasteiger partial charge in [-0.25, -0.2) is 0 Å². The van der Waals surface area contributed by atoms with Crippen molar-refractivity contribution in [1.82, 2.24) is 5.32 Å². The van der Waals surface area contributed by atoms with E-state index in [9.17, 15) is 9.59 Å². The van der Waals surface area contributed by atoms with Crippen LogP contribution in [0.3, 0.4) is 0 Å². The molecule has 0 saturated heterocycles. The Kier molecular flexibility index (Phi) is 5.18. The second-order valence-electron chi connectivity index (χ2n) is 5.87. The van der Waals surface area contributed by atoms with Crippen LogP contribution in [0.4, 0.5) is 11.4 Å². The van der Waals surface area contributed by atoms with Crippen molar-refractivity contribution < 1.29 is 14.3 Å². The largest absolute Gasteiger partial charge is 0.484 e. The van der Waals surface area contributed by atoms with Crippen LogP contribution in [-0.4, -0.2) is 31.5 Å². The third kappa shape index (κ3) is 4.09. The van der Waals surface area contributed by atoms with Crippen molar-refractivity contribution in [3.63, 3.8) is 0 Å². The summed E-state index contributed by atoms with van der Waals surface area (Å²) in [6, 6.07) is 14.6. The summed E-state index contributed by atoms with van der Waals surface area (Å²) in [4.78, 5) is 26.0. The van der Waals surface area contributed by atoms with Crippen molar-refractivity contribution in [3.8, 4) is 5.75 Å². The average Bonchev–Trinajstić information content (AvgIpc) is 2.65. The van der Waals surface area contributed by atoms with Crippen LogP contribution in [0.2, 0.25) is 0 Å². The van der Waals surface area contributed by atoms with E-state index in [1.807, 2.05) is 36.4 Å². The zero-order valence-electron chi connectivity index (χ0n) is 13.9. The van der Waals surface area contributed by atoms with Crippen molar-refractivity contribution in [3.05, 3.63) is 54.1 Å². The van der Waals surface area contributed by atoms with Crippen molar-refractivity contribution in [2.45, 2.75) is 12.8 Å². The van der Waals surface area contributed by atoms with E-state index in [1.165, 1.54) is 0 Å². The van der Waals surface area contributed by atoms with Gasteiger partial charge in [0.1, 0.15) is 5.75 Å². The third-order valence-electron chi connectivity index (χ3n) is 4.14. The van der Waals surface area contributed by atoms with Crippen LogP contribution >= 0.6 is 0 Å². The number of hydrogen-bond acceptors (Lipinski definition) is 4. The number of nitrogens with zero attached hydrogens (tertiary/aromatic N) is 1. The Morgan fingerprint density at radius 1 is 1.12 bits per heavy atom. The fourth-order valence-electron chi connectivity index (χ4n) is 2.90. The fraction of sp³-hybridized carbons (Fsp3) is 0.263. The first kappa shape index (κ1) is 16.8. The summed E-state index contributed by atoms with van der Waals surface area (Å²) in [6.45, 7) is 0.442. The summed E-state index contributed by atoms with van der Waals surface area (Å²) < 4.78 is 5.36. The number of carbonyl (C=O) groups is 2. The molecular weight excluding hydrogens is 318 g/mol. The molecule has 2 aromatic rings. The number of para-hydroxylation sites is 1. The number of nitrogens with one attached hydrogen (secondary N) is 1. The van der Waals surface area contributed by atoms with Gasteiger partial charge in [0, 0.05) is 17.9 Å². The van der Waals surface area contributed by atoms with Crippen molar-refractivity contribution >= 4 is 23.2 Å². The van der Waals surface area contributed by atoms with E-state index in [0.717, 1.165) is 24.1 Å². The Morgan fingerprint density at radius 3 is 2.72 bits per heavy atom. The maximum atomic E-state index is 12.5. The lowest BCUT2D eigenvalue weighted by atomic mass is 10.00. The Morgan fingerprint density at radius 2 is 1.92 bits per heavy atom. The molecule has 1 aliphatic rings. The third-order valence-corrected chi connectivity index (χ3v) is 4.14. The summed E-state index contributed by atoms with van der Waals surface area (Å²) in [6.07, 6.45) is 1.72. The molecule has 3 N–H and O–H groups in total. The zero-order valence-corrected chi connectivity index (χ0v) is 13.9. The smallest absolute Gasteiger partial charge is 0.258 e. The molecule has 2 aromatic carbocycles. The summed E-state index contributed by atoms with van der Waals surface area (Å²) in [5, 5.41) is 2.61. The number of nitrogen functional groups attached to an aromatic ring is 1. The molecular formula is C19H21N3O3. The van der Waals surface area contributed by atoms with Gasteiger partial charge in [0.25, 0.3) is 5.91 Å². The van der Waals surface area contributed by atoms with E-state index < -0.39 is 0 Å². The molecule has 0 unspecified atom stereocenters. The van der Waals surface area contributed by atoms with Crippen LogP contribution in [0.1, 0.15) is 12.0 Å². The predicted octanol–water partition coefficient (Wildman–Crippen LogP) is 1.74. The summed E-state index contributed by atoms with van der Waals surface area (Å²) in [5.41, 5.74) is 8.54. The molecule has 6 heteroatoms. The first-order valence-corrected chi connectivity index (χ1v) is 8.27. The van der Waals surface area contributed by atoms with Gasteiger partial charge in [0.2, 0.25) is 5.91 Å². The van der Waals surface area contributed by atoms with Gasteiger partial charge in [-0.3, -0.25) is 9.59 Å². The molecule has 0 aliphatic carbocycles. The molecule has 0 saturated carbocycles. The average molecular weight is 339 g/mol. The Bertz CT molecular complexity index is 762.